The van der Waals surface area contributed by atoms with Crippen LogP contribution in [0.1, 0.15) is 79.4 Å². The number of aromatic nitrogens is 3. The molecule has 1 fully saturated rings. The van der Waals surface area contributed by atoms with Gasteiger partial charge in [0.25, 0.3) is 5.56 Å². The van der Waals surface area contributed by atoms with Gasteiger partial charge in [0.15, 0.2) is 0 Å². The van der Waals surface area contributed by atoms with E-state index in [-0.39, 0.29) is 29.6 Å². The topological polar surface area (TPSA) is 79.6 Å². The van der Waals surface area contributed by atoms with Gasteiger partial charge in [-0.25, -0.2) is 9.78 Å². The van der Waals surface area contributed by atoms with Crippen LogP contribution < -0.4 is 10.9 Å². The van der Waals surface area contributed by atoms with Crippen LogP contribution in [-0.4, -0.2) is 32.1 Å². The number of carbonyl (C=O) groups excluding carboxylic acids is 1. The zero-order valence-electron chi connectivity index (χ0n) is 17.9. The van der Waals surface area contributed by atoms with Crippen molar-refractivity contribution in [3.63, 3.8) is 0 Å². The molecule has 1 aliphatic heterocycles. The molecule has 8 heteroatoms. The Morgan fingerprint density at radius 2 is 2.06 bits per heavy atom. The Balaban J connectivity index is 1.39. The quantitative estimate of drug-likeness (QED) is 0.666. The average molecular weight is 438 g/mol. The van der Waals surface area contributed by atoms with Crippen molar-refractivity contribution in [2.24, 2.45) is 0 Å². The first-order valence-corrected chi connectivity index (χ1v) is 11.9. The summed E-state index contributed by atoms with van der Waals surface area (Å²) in [5.41, 5.74) is 3.17. The molecule has 3 heterocycles. The Hall–Kier alpha value is -2.74. The lowest BCUT2D eigenvalue weighted by molar-refractivity contribution is 0.187. The molecule has 1 N–H and O–H groups in total. The van der Waals surface area contributed by atoms with Crippen LogP contribution in [0.2, 0.25) is 0 Å². The molecule has 2 aliphatic rings. The van der Waals surface area contributed by atoms with Crippen molar-refractivity contribution >= 4 is 22.3 Å². The molecule has 2 aromatic heterocycles. The monoisotopic (exact) mass is 437 g/mol. The van der Waals surface area contributed by atoms with Crippen LogP contribution in [0.25, 0.3) is 4.96 Å². The first kappa shape index (κ1) is 20.2. The van der Waals surface area contributed by atoms with Crippen LogP contribution in [0.5, 0.6) is 0 Å². The average Bonchev–Trinajstić information content (AvgIpc) is 3.41. The molecule has 3 aromatic rings. The van der Waals surface area contributed by atoms with E-state index in [1.54, 1.807) is 6.07 Å². The van der Waals surface area contributed by atoms with Crippen LogP contribution in [0.15, 0.2) is 35.1 Å². The summed E-state index contributed by atoms with van der Waals surface area (Å²) < 4.78 is 1.37. The molecule has 162 valence electrons. The van der Waals surface area contributed by atoms with Crippen molar-refractivity contribution in [1.82, 2.24) is 24.8 Å². The number of nitrogens with zero attached hydrogens (tertiary/aromatic N) is 4. The highest BCUT2D eigenvalue weighted by Crippen LogP contribution is 2.35. The molecular formula is C23H27N5O2S. The van der Waals surface area contributed by atoms with E-state index in [1.165, 1.54) is 27.0 Å². The third-order valence-corrected chi connectivity index (χ3v) is 7.35. The number of aryl methyl sites for hydroxylation is 1. The van der Waals surface area contributed by atoms with Gasteiger partial charge in [-0.3, -0.25) is 4.79 Å². The number of hydrogen-bond donors (Lipinski definition) is 1. The fourth-order valence-electron chi connectivity index (χ4n) is 4.68. The zero-order chi connectivity index (χ0) is 21.5. The largest absolute Gasteiger partial charge is 0.331 e. The van der Waals surface area contributed by atoms with Crippen LogP contribution in [-0.2, 0) is 6.42 Å². The number of fused-ring (bicyclic) bond motifs is 2. The fraction of sp³-hybridized carbons (Fsp3) is 0.478. The maximum absolute atomic E-state index is 13.2. The van der Waals surface area contributed by atoms with E-state index in [2.05, 4.69) is 33.6 Å². The van der Waals surface area contributed by atoms with Gasteiger partial charge < -0.3 is 10.2 Å². The molecule has 5 rings (SSSR count). The third kappa shape index (κ3) is 3.73. The molecule has 0 spiro atoms. The van der Waals surface area contributed by atoms with Crippen molar-refractivity contribution < 1.29 is 4.79 Å². The minimum atomic E-state index is -0.163. The third-order valence-electron chi connectivity index (χ3n) is 6.34. The number of nitrogens with one attached hydrogen (secondary N) is 1. The Labute approximate surface area is 185 Å². The van der Waals surface area contributed by atoms with Gasteiger partial charge in [0, 0.05) is 12.6 Å². The minimum Gasteiger partial charge on any atom is -0.331 e. The molecular weight excluding hydrogens is 410 g/mol. The van der Waals surface area contributed by atoms with Crippen molar-refractivity contribution in [3.8, 4) is 0 Å². The second-order valence-corrected chi connectivity index (χ2v) is 9.74. The zero-order valence-corrected chi connectivity index (χ0v) is 18.7. The van der Waals surface area contributed by atoms with Crippen LogP contribution in [0.4, 0.5) is 4.79 Å². The van der Waals surface area contributed by atoms with Crippen LogP contribution in [0.3, 0.4) is 0 Å². The van der Waals surface area contributed by atoms with E-state index in [0.29, 0.717) is 11.5 Å². The Bertz CT molecular complexity index is 1180. The lowest BCUT2D eigenvalue weighted by Crippen LogP contribution is -2.42. The van der Waals surface area contributed by atoms with Crippen molar-refractivity contribution in [3.05, 3.63) is 62.5 Å². The molecule has 0 saturated carbocycles. The summed E-state index contributed by atoms with van der Waals surface area (Å²) in [7, 11) is 0. The summed E-state index contributed by atoms with van der Waals surface area (Å²) >= 11 is 1.42. The predicted molar refractivity (Wildman–Crippen MR) is 121 cm³/mol. The lowest BCUT2D eigenvalue weighted by Gasteiger charge is -2.30. The normalized spacial score (nSPS) is 20.9. The van der Waals surface area contributed by atoms with E-state index in [0.717, 1.165) is 42.8 Å². The first-order chi connectivity index (χ1) is 15.0. The maximum Gasteiger partial charge on any atom is 0.318 e. The van der Waals surface area contributed by atoms with E-state index >= 15 is 0 Å². The highest BCUT2D eigenvalue weighted by molar-refractivity contribution is 7.16. The molecule has 0 unspecified atom stereocenters. The minimum absolute atomic E-state index is 0.0481. The summed E-state index contributed by atoms with van der Waals surface area (Å²) in [5, 5.41) is 8.59. The van der Waals surface area contributed by atoms with Gasteiger partial charge in [-0.15, -0.1) is 0 Å². The molecule has 0 radical (unpaired) electrons. The highest BCUT2D eigenvalue weighted by atomic mass is 32.1. The first-order valence-electron chi connectivity index (χ1n) is 11.1. The van der Waals surface area contributed by atoms with Gasteiger partial charge in [0.05, 0.1) is 17.8 Å². The lowest BCUT2D eigenvalue weighted by atomic mass is 9.88. The summed E-state index contributed by atoms with van der Waals surface area (Å²) in [6.45, 7) is 4.74. The van der Waals surface area contributed by atoms with Gasteiger partial charge in [0.2, 0.25) is 4.96 Å². The second kappa shape index (κ2) is 8.07. The SMILES string of the molecule is CC(C)c1cc(=O)n2nc([C@H]3CCCN3C(=O)N[C@@H]3CCCc4ccccc43)sc2n1. The van der Waals surface area contributed by atoms with E-state index in [9.17, 15) is 9.59 Å². The smallest absolute Gasteiger partial charge is 0.318 e. The molecule has 1 aliphatic carbocycles. The number of hydrogen-bond acceptors (Lipinski definition) is 5. The summed E-state index contributed by atoms with van der Waals surface area (Å²) in [4.78, 5) is 32.8. The number of likely N-dealkylation sites (tertiary alicyclic amines) is 1. The Morgan fingerprint density at radius 3 is 2.90 bits per heavy atom. The van der Waals surface area contributed by atoms with Crippen molar-refractivity contribution in [2.75, 3.05) is 6.54 Å². The highest BCUT2D eigenvalue weighted by Gasteiger charge is 2.34. The van der Waals surface area contributed by atoms with E-state index in [4.69, 9.17) is 0 Å². The number of rotatable bonds is 3. The van der Waals surface area contributed by atoms with E-state index in [1.807, 2.05) is 24.8 Å². The molecule has 2 atom stereocenters. The van der Waals surface area contributed by atoms with E-state index < -0.39 is 0 Å². The summed E-state index contributed by atoms with van der Waals surface area (Å²) in [5.74, 6) is 0.176. The summed E-state index contributed by atoms with van der Waals surface area (Å²) in [6, 6.07) is 9.82. The Kier molecular flexibility index (Phi) is 5.25. The molecule has 2 amide bonds. The molecule has 1 aromatic carbocycles. The van der Waals surface area contributed by atoms with Crippen LogP contribution in [0, 0.1) is 0 Å². The second-order valence-electron chi connectivity index (χ2n) is 8.75. The van der Waals surface area contributed by atoms with Crippen molar-refractivity contribution in [1.29, 1.82) is 0 Å². The number of benzene rings is 1. The molecule has 31 heavy (non-hydrogen) atoms. The Morgan fingerprint density at radius 1 is 1.23 bits per heavy atom. The number of amides is 2. The fourth-order valence-corrected chi connectivity index (χ4v) is 5.73. The van der Waals surface area contributed by atoms with Crippen LogP contribution >= 0.6 is 11.3 Å². The molecule has 7 nitrogen and oxygen atoms in total. The number of carbonyl (C=O) groups is 1. The molecule has 0 bridgehead atoms. The number of urea groups is 1. The van der Waals surface area contributed by atoms with Gasteiger partial charge in [-0.2, -0.15) is 9.61 Å². The van der Waals surface area contributed by atoms with Crippen molar-refractivity contribution in [2.45, 2.75) is 64.0 Å². The van der Waals surface area contributed by atoms with Gasteiger partial charge in [-0.05, 0) is 49.1 Å². The van der Waals surface area contributed by atoms with Gasteiger partial charge in [0.1, 0.15) is 5.01 Å². The standard InChI is InChI=1S/C23H27N5O2S/c1-14(2)18-13-20(29)28-23(25-18)31-21(26-28)19-11-6-12-27(19)22(30)24-17-10-5-8-15-7-3-4-9-16(15)17/h3-4,7,9,13-14,17,19H,5-6,8,10-12H2,1-2H3,(H,24,30)/t17-,19-/m1/s1. The summed E-state index contributed by atoms with van der Waals surface area (Å²) in [6.07, 6.45) is 4.88. The van der Waals surface area contributed by atoms with Gasteiger partial charge >= 0.3 is 6.03 Å². The predicted octanol–water partition coefficient (Wildman–Crippen LogP) is 4.20. The maximum atomic E-state index is 13.2. The molecule has 1 saturated heterocycles. The van der Waals surface area contributed by atoms with Gasteiger partial charge in [-0.1, -0.05) is 49.4 Å².